The third-order valence-electron chi connectivity index (χ3n) is 8.87. The minimum atomic E-state index is -5.14. The van der Waals surface area contributed by atoms with Crippen LogP contribution < -0.4 is 51.4 Å². The van der Waals surface area contributed by atoms with Gasteiger partial charge in [-0.15, -0.1) is 0 Å². The molecule has 0 aliphatic heterocycles. The van der Waals surface area contributed by atoms with Crippen molar-refractivity contribution in [1.29, 1.82) is 0 Å². The van der Waals surface area contributed by atoms with E-state index in [-0.39, 0.29) is 68.3 Å². The van der Waals surface area contributed by atoms with Crippen LogP contribution in [0.2, 0.25) is 0 Å². The maximum atomic E-state index is 12.8. The first-order valence-corrected chi connectivity index (χ1v) is 12.0. The van der Waals surface area contributed by atoms with Crippen LogP contribution in [0.4, 0.5) is 0 Å². The van der Waals surface area contributed by atoms with E-state index in [0.717, 1.165) is 44.9 Å². The van der Waals surface area contributed by atoms with Crippen molar-refractivity contribution >= 4 is 16.2 Å². The van der Waals surface area contributed by atoms with Crippen molar-refractivity contribution in [1.82, 2.24) is 0 Å². The maximum absolute atomic E-state index is 12.8. The molecular weight excluding hydrogens is 435 g/mol. The van der Waals surface area contributed by atoms with Crippen LogP contribution in [0.5, 0.6) is 0 Å². The molecule has 0 spiro atoms. The fourth-order valence-corrected chi connectivity index (χ4v) is 7.76. The van der Waals surface area contributed by atoms with Gasteiger partial charge in [0.1, 0.15) is 0 Å². The van der Waals surface area contributed by atoms with Crippen molar-refractivity contribution in [3.63, 3.8) is 0 Å². The quantitative estimate of drug-likeness (QED) is 0.184. The molecule has 164 valence electrons. The summed E-state index contributed by atoms with van der Waals surface area (Å²) in [5.74, 6) is 0.0816. The van der Waals surface area contributed by atoms with Gasteiger partial charge in [0.25, 0.3) is 0 Å². The molecule has 9 heteroatoms. The summed E-state index contributed by atoms with van der Waals surface area (Å²) in [6.07, 6.45) is 6.60. The van der Waals surface area contributed by atoms with Crippen LogP contribution in [0.15, 0.2) is 11.6 Å². The molecule has 0 aromatic heterocycles. The Labute approximate surface area is 221 Å². The van der Waals surface area contributed by atoms with Crippen LogP contribution in [-0.4, -0.2) is 41.4 Å². The van der Waals surface area contributed by atoms with Gasteiger partial charge < -0.3 is 14.8 Å². The molecule has 0 amide bonds. The summed E-state index contributed by atoms with van der Waals surface area (Å²) in [6.45, 7) is 4.41. The second-order valence-electron chi connectivity index (χ2n) is 10.1. The van der Waals surface area contributed by atoms with Gasteiger partial charge in [0.2, 0.25) is 16.7 Å². The van der Waals surface area contributed by atoms with Gasteiger partial charge in [0, 0.05) is 5.92 Å². The average Bonchev–Trinajstić information content (AvgIpc) is 2.97. The minimum Gasteiger partial charge on any atom is -0.725 e. The molecule has 0 heterocycles. The molecule has 7 nitrogen and oxygen atoms in total. The number of aliphatic hydroxyl groups excluding tert-OH is 2. The first kappa shape index (κ1) is 25.5. The molecule has 4 aliphatic carbocycles. The van der Waals surface area contributed by atoms with E-state index in [2.05, 4.69) is 24.1 Å². The first-order valence-electron chi connectivity index (χ1n) is 10.7. The van der Waals surface area contributed by atoms with E-state index < -0.39 is 28.4 Å². The van der Waals surface area contributed by atoms with Crippen LogP contribution in [0.25, 0.3) is 0 Å². The third kappa shape index (κ3) is 4.33. The molecule has 4 aliphatic rings. The Morgan fingerprint density at radius 2 is 1.90 bits per heavy atom. The Morgan fingerprint density at radius 3 is 2.57 bits per heavy atom. The largest absolute Gasteiger partial charge is 1.00 e. The predicted octanol–water partition coefficient (Wildman–Crippen LogP) is -0.705. The van der Waals surface area contributed by atoms with E-state index in [1.165, 1.54) is 5.57 Å². The normalized spacial score (nSPS) is 44.0. The molecule has 2 N–H and O–H groups in total. The topological polar surface area (TPSA) is 124 Å². The summed E-state index contributed by atoms with van der Waals surface area (Å²) < 4.78 is 36.4. The maximum Gasteiger partial charge on any atom is 1.00 e. The summed E-state index contributed by atoms with van der Waals surface area (Å²) in [4.78, 5) is 12.8. The number of carbonyl (C=O) groups is 1. The molecule has 30 heavy (non-hydrogen) atoms. The number of aliphatic hydroxyl groups is 2. The minimum absolute atomic E-state index is 0. The molecule has 0 aromatic rings. The van der Waals surface area contributed by atoms with E-state index in [9.17, 15) is 28.0 Å². The zero-order chi connectivity index (χ0) is 21.2. The zero-order valence-corrected chi connectivity index (χ0v) is 22.0. The SMILES string of the molecule is C[C@]12CCC(O)CC1=CCC1C2CC[C@@]2(C)C1CC[C@@H]2C(=O)C(O)OS(=O)(=O)[O-].[K+]. The van der Waals surface area contributed by atoms with E-state index in [4.69, 9.17) is 0 Å². The Kier molecular flexibility index (Phi) is 7.54. The average molecular weight is 467 g/mol. The molecule has 0 bridgehead atoms. The summed E-state index contributed by atoms with van der Waals surface area (Å²) in [5, 5.41) is 20.0. The number of hydrogen-bond donors (Lipinski definition) is 2. The standard InChI is InChI=1S/C21H32O7S.K/c1-20-9-7-13(22)11-12(20)3-4-14-15-5-6-17(21(15,2)10-8-16(14)20)18(23)19(24)28-29(25,26)27;/h3,13-17,19,22,24H,4-11H2,1-2H3,(H,25,26,27);/q;+1/p-1/t13?,14?,15?,16?,17-,19?,20+,21+;/m1./s1. The number of ketones is 1. The Bertz CT molecular complexity index is 827. The van der Waals surface area contributed by atoms with Gasteiger partial charge in [-0.05, 0) is 80.0 Å². The van der Waals surface area contributed by atoms with E-state index in [1.807, 2.05) is 0 Å². The van der Waals surface area contributed by atoms with Gasteiger partial charge in [-0.2, -0.15) is 0 Å². The number of hydrogen-bond acceptors (Lipinski definition) is 7. The molecular formula is C21H31KO7S. The van der Waals surface area contributed by atoms with Crippen LogP contribution in [0.3, 0.4) is 0 Å². The van der Waals surface area contributed by atoms with Crippen molar-refractivity contribution in [2.75, 3.05) is 0 Å². The Morgan fingerprint density at radius 1 is 1.20 bits per heavy atom. The number of carbonyl (C=O) groups excluding carboxylic acids is 1. The number of allylic oxidation sites excluding steroid dienone is 1. The Balaban J connectivity index is 0.00000256. The summed E-state index contributed by atoms with van der Waals surface area (Å²) in [5.41, 5.74) is 1.16. The van der Waals surface area contributed by atoms with E-state index in [1.54, 1.807) is 0 Å². The van der Waals surface area contributed by atoms with Crippen molar-refractivity contribution in [3.8, 4) is 0 Å². The van der Waals surface area contributed by atoms with Gasteiger partial charge in [-0.1, -0.05) is 25.5 Å². The van der Waals surface area contributed by atoms with Crippen molar-refractivity contribution in [3.05, 3.63) is 11.6 Å². The Hall–Kier alpha value is 0.836. The van der Waals surface area contributed by atoms with Gasteiger partial charge in [-0.3, -0.25) is 4.79 Å². The van der Waals surface area contributed by atoms with Crippen LogP contribution in [-0.2, 0) is 19.4 Å². The zero-order valence-electron chi connectivity index (χ0n) is 18.0. The summed E-state index contributed by atoms with van der Waals surface area (Å²) >= 11 is 0. The number of Topliss-reactive ketones (excluding diaryl/α,β-unsaturated/α-hetero) is 1. The smallest absolute Gasteiger partial charge is 0.725 e. The van der Waals surface area contributed by atoms with Gasteiger partial charge >= 0.3 is 51.4 Å². The molecule has 4 rings (SSSR count). The van der Waals surface area contributed by atoms with E-state index in [0.29, 0.717) is 24.2 Å². The van der Waals surface area contributed by atoms with E-state index >= 15 is 0 Å². The second kappa shape index (κ2) is 8.89. The van der Waals surface area contributed by atoms with Gasteiger partial charge in [0.15, 0.2) is 5.78 Å². The monoisotopic (exact) mass is 466 g/mol. The summed E-state index contributed by atoms with van der Waals surface area (Å²) in [6, 6.07) is 0. The van der Waals surface area contributed by atoms with Crippen molar-refractivity contribution < 1.29 is 83.5 Å². The predicted molar refractivity (Wildman–Crippen MR) is 103 cm³/mol. The fourth-order valence-electron chi connectivity index (χ4n) is 7.44. The first-order chi connectivity index (χ1) is 13.5. The molecule has 8 atom stereocenters. The van der Waals surface area contributed by atoms with Crippen LogP contribution in [0.1, 0.15) is 65.2 Å². The van der Waals surface area contributed by atoms with Crippen molar-refractivity contribution in [2.45, 2.75) is 77.6 Å². The molecule has 0 radical (unpaired) electrons. The number of rotatable bonds is 4. The molecule has 0 aromatic carbocycles. The fraction of sp³-hybridized carbons (Fsp3) is 0.857. The van der Waals surface area contributed by atoms with Crippen LogP contribution >= 0.6 is 0 Å². The van der Waals surface area contributed by atoms with Gasteiger partial charge in [0.05, 0.1) is 6.10 Å². The molecule has 0 saturated heterocycles. The van der Waals surface area contributed by atoms with Gasteiger partial charge in [-0.25, -0.2) is 12.6 Å². The summed E-state index contributed by atoms with van der Waals surface area (Å²) in [7, 11) is -5.14. The van der Waals surface area contributed by atoms with Crippen molar-refractivity contribution in [2.24, 2.45) is 34.5 Å². The molecule has 5 unspecified atom stereocenters. The van der Waals surface area contributed by atoms with Crippen LogP contribution in [0, 0.1) is 34.5 Å². The molecule has 3 saturated carbocycles. The third-order valence-corrected chi connectivity index (χ3v) is 9.29. The second-order valence-corrected chi connectivity index (χ2v) is 11.1. The number of fused-ring (bicyclic) bond motifs is 5. The molecule has 3 fully saturated rings.